The Morgan fingerprint density at radius 2 is 2.29 bits per heavy atom. The van der Waals surface area contributed by atoms with Crippen LogP contribution in [0.15, 0.2) is 18.2 Å². The maximum atomic E-state index is 11.2. The molecule has 4 nitrogen and oxygen atoms in total. The first-order valence-electron chi connectivity index (χ1n) is 5.33. The third kappa shape index (κ3) is 2.15. The van der Waals surface area contributed by atoms with Crippen molar-refractivity contribution < 1.29 is 9.90 Å². The van der Waals surface area contributed by atoms with E-state index >= 15 is 0 Å². The number of hydrogen-bond acceptors (Lipinski definition) is 3. The van der Waals surface area contributed by atoms with E-state index in [-0.39, 0.29) is 0 Å². The first kappa shape index (κ1) is 12.0. The number of rotatable bonds is 4. The van der Waals surface area contributed by atoms with Crippen LogP contribution in [0.4, 0.5) is 0 Å². The Balaban J connectivity index is 2.64. The topological polar surface area (TPSA) is 55.1 Å². The Morgan fingerprint density at radius 1 is 1.53 bits per heavy atom. The maximum absolute atomic E-state index is 11.2. The molecule has 1 aromatic heterocycles. The maximum Gasteiger partial charge on any atom is 0.337 e. The average molecular weight is 250 g/mol. The van der Waals surface area contributed by atoms with E-state index in [4.69, 9.17) is 0 Å². The summed E-state index contributed by atoms with van der Waals surface area (Å²) in [5.41, 5.74) is 1.80. The van der Waals surface area contributed by atoms with Crippen LogP contribution in [-0.2, 0) is 6.54 Å². The van der Waals surface area contributed by atoms with E-state index in [1.807, 2.05) is 23.8 Å². The summed E-state index contributed by atoms with van der Waals surface area (Å²) in [5.74, 6) is 0.906. The summed E-state index contributed by atoms with van der Waals surface area (Å²) < 4.78 is 1.98. The van der Waals surface area contributed by atoms with E-state index in [9.17, 15) is 9.90 Å². The van der Waals surface area contributed by atoms with Gasteiger partial charge in [-0.05, 0) is 25.3 Å². The number of carboxylic acids is 1. The van der Waals surface area contributed by atoms with Crippen molar-refractivity contribution >= 4 is 28.8 Å². The van der Waals surface area contributed by atoms with E-state index in [0.29, 0.717) is 5.56 Å². The van der Waals surface area contributed by atoms with E-state index in [1.54, 1.807) is 23.9 Å². The molecule has 2 rings (SSSR count). The number of carboxylic acid groups (broad SMARTS) is 1. The molecule has 0 bridgehead atoms. The minimum absolute atomic E-state index is 0.323. The predicted octanol–water partition coefficient (Wildman–Crippen LogP) is 2.41. The minimum atomic E-state index is -0.902. The van der Waals surface area contributed by atoms with Crippen LogP contribution in [0, 0.1) is 6.92 Å². The molecule has 0 saturated heterocycles. The molecule has 0 amide bonds. The van der Waals surface area contributed by atoms with E-state index in [2.05, 4.69) is 4.98 Å². The third-order valence-corrected chi connectivity index (χ3v) is 3.30. The highest BCUT2D eigenvalue weighted by atomic mass is 32.2. The Labute approximate surface area is 104 Å². The van der Waals surface area contributed by atoms with Crippen molar-refractivity contribution in [2.75, 3.05) is 12.0 Å². The lowest BCUT2D eigenvalue weighted by molar-refractivity contribution is 0.0698. The van der Waals surface area contributed by atoms with E-state index in [1.165, 1.54) is 0 Å². The second kappa shape index (κ2) is 4.79. The summed E-state index contributed by atoms with van der Waals surface area (Å²) in [6.45, 7) is 2.69. The first-order chi connectivity index (χ1) is 8.15. The molecule has 0 aliphatic carbocycles. The molecule has 1 aromatic carbocycles. The second-order valence-corrected chi connectivity index (χ2v) is 4.77. The second-order valence-electron chi connectivity index (χ2n) is 3.78. The van der Waals surface area contributed by atoms with Crippen LogP contribution in [0.5, 0.6) is 0 Å². The average Bonchev–Trinajstić information content (AvgIpc) is 2.61. The van der Waals surface area contributed by atoms with Crippen LogP contribution in [0.1, 0.15) is 16.2 Å². The summed E-state index contributed by atoms with van der Waals surface area (Å²) in [5, 5.41) is 9.20. The molecule has 5 heteroatoms. The fraction of sp³-hybridized carbons (Fsp3) is 0.333. The number of para-hydroxylation sites is 1. The molecule has 0 aliphatic heterocycles. The molecule has 0 radical (unpaired) electrons. The third-order valence-electron chi connectivity index (χ3n) is 2.71. The van der Waals surface area contributed by atoms with Gasteiger partial charge in [-0.1, -0.05) is 6.07 Å². The van der Waals surface area contributed by atoms with Gasteiger partial charge in [0.2, 0.25) is 0 Å². The predicted molar refractivity (Wildman–Crippen MR) is 69.8 cm³/mol. The fourth-order valence-corrected chi connectivity index (χ4v) is 2.30. The smallest absolute Gasteiger partial charge is 0.337 e. The van der Waals surface area contributed by atoms with Crippen molar-refractivity contribution in [1.29, 1.82) is 0 Å². The summed E-state index contributed by atoms with van der Waals surface area (Å²) in [7, 11) is 0. The summed E-state index contributed by atoms with van der Waals surface area (Å²) >= 11 is 1.74. The van der Waals surface area contributed by atoms with Gasteiger partial charge in [-0.2, -0.15) is 11.8 Å². The molecule has 17 heavy (non-hydrogen) atoms. The minimum Gasteiger partial charge on any atom is -0.478 e. The number of benzene rings is 1. The number of thioether (sulfide) groups is 1. The van der Waals surface area contributed by atoms with Crippen LogP contribution in [0.2, 0.25) is 0 Å². The summed E-state index contributed by atoms with van der Waals surface area (Å²) in [6.07, 6.45) is 2.03. The van der Waals surface area contributed by atoms with Gasteiger partial charge < -0.3 is 9.67 Å². The lowest BCUT2D eigenvalue weighted by atomic mass is 10.2. The number of nitrogens with zero attached hydrogens (tertiary/aromatic N) is 2. The van der Waals surface area contributed by atoms with Gasteiger partial charge in [-0.25, -0.2) is 9.78 Å². The highest BCUT2D eigenvalue weighted by Gasteiger charge is 2.15. The number of aryl methyl sites for hydroxylation is 2. The first-order valence-corrected chi connectivity index (χ1v) is 6.72. The monoisotopic (exact) mass is 250 g/mol. The Morgan fingerprint density at radius 3 is 2.94 bits per heavy atom. The standard InChI is InChI=1S/C12H14N2O2S/c1-8-13-10-5-3-4-9(12(15)16)11(10)14(8)6-7-17-2/h3-5H,6-7H2,1-2H3,(H,15,16). The van der Waals surface area contributed by atoms with Crippen LogP contribution in [0.25, 0.3) is 11.0 Å². The molecule has 0 fully saturated rings. The van der Waals surface area contributed by atoms with Crippen molar-refractivity contribution in [1.82, 2.24) is 9.55 Å². The van der Waals surface area contributed by atoms with Crippen LogP contribution in [-0.4, -0.2) is 32.6 Å². The van der Waals surface area contributed by atoms with Gasteiger partial charge in [0.15, 0.2) is 0 Å². The Hall–Kier alpha value is -1.49. The van der Waals surface area contributed by atoms with Crippen molar-refractivity contribution in [3.8, 4) is 0 Å². The quantitative estimate of drug-likeness (QED) is 0.905. The number of hydrogen-bond donors (Lipinski definition) is 1. The zero-order valence-corrected chi connectivity index (χ0v) is 10.6. The van der Waals surface area contributed by atoms with Gasteiger partial charge in [-0.3, -0.25) is 0 Å². The molecule has 0 saturated carbocycles. The molecule has 0 atom stereocenters. The normalized spacial score (nSPS) is 10.9. The van der Waals surface area contributed by atoms with Crippen molar-refractivity contribution in [2.45, 2.75) is 13.5 Å². The van der Waals surface area contributed by atoms with Gasteiger partial charge >= 0.3 is 5.97 Å². The van der Waals surface area contributed by atoms with Gasteiger partial charge in [0.1, 0.15) is 5.82 Å². The fourth-order valence-electron chi connectivity index (χ4n) is 1.93. The number of carbonyl (C=O) groups is 1. The number of fused-ring (bicyclic) bond motifs is 1. The van der Waals surface area contributed by atoms with Gasteiger partial charge in [0, 0.05) is 12.3 Å². The lowest BCUT2D eigenvalue weighted by Crippen LogP contribution is -2.06. The Bertz CT molecular complexity index is 563. The molecule has 0 unspecified atom stereocenters. The summed E-state index contributed by atoms with van der Waals surface area (Å²) in [4.78, 5) is 15.6. The van der Waals surface area contributed by atoms with Crippen LogP contribution in [0.3, 0.4) is 0 Å². The number of imidazole rings is 1. The van der Waals surface area contributed by atoms with Crippen LogP contribution < -0.4 is 0 Å². The zero-order chi connectivity index (χ0) is 12.4. The van der Waals surface area contributed by atoms with Gasteiger partial charge in [-0.15, -0.1) is 0 Å². The van der Waals surface area contributed by atoms with E-state index < -0.39 is 5.97 Å². The highest BCUT2D eigenvalue weighted by molar-refractivity contribution is 7.98. The Kier molecular flexibility index (Phi) is 3.38. The SMILES string of the molecule is CSCCn1c(C)nc2cccc(C(=O)O)c21. The number of aromatic carboxylic acids is 1. The molecule has 1 N–H and O–H groups in total. The lowest BCUT2D eigenvalue weighted by Gasteiger charge is -2.07. The van der Waals surface area contributed by atoms with Crippen molar-refractivity contribution in [3.05, 3.63) is 29.6 Å². The molecule has 0 spiro atoms. The molecule has 0 aliphatic rings. The molecule has 2 aromatic rings. The molecular weight excluding hydrogens is 236 g/mol. The number of aromatic nitrogens is 2. The van der Waals surface area contributed by atoms with Crippen molar-refractivity contribution in [2.24, 2.45) is 0 Å². The highest BCUT2D eigenvalue weighted by Crippen LogP contribution is 2.21. The molecular formula is C12H14N2O2S. The van der Waals surface area contributed by atoms with Crippen molar-refractivity contribution in [3.63, 3.8) is 0 Å². The molecule has 90 valence electrons. The summed E-state index contributed by atoms with van der Waals surface area (Å²) in [6, 6.07) is 5.21. The van der Waals surface area contributed by atoms with Crippen LogP contribution >= 0.6 is 11.8 Å². The largest absolute Gasteiger partial charge is 0.478 e. The van der Waals surface area contributed by atoms with E-state index in [0.717, 1.165) is 29.2 Å². The zero-order valence-electron chi connectivity index (χ0n) is 9.80. The molecule has 1 heterocycles. The van der Waals surface area contributed by atoms with Gasteiger partial charge in [0.25, 0.3) is 0 Å². The van der Waals surface area contributed by atoms with Gasteiger partial charge in [0.05, 0.1) is 16.6 Å².